The van der Waals surface area contributed by atoms with Crippen LogP contribution in [0.4, 0.5) is 0 Å². The van der Waals surface area contributed by atoms with E-state index in [1.54, 1.807) is 18.5 Å². The highest BCUT2D eigenvalue weighted by Crippen LogP contribution is 2.26. The molecule has 0 radical (unpaired) electrons. The van der Waals surface area contributed by atoms with Gasteiger partial charge in [-0.05, 0) is 58.0 Å². The molecule has 0 fully saturated rings. The Labute approximate surface area is 155 Å². The smallest absolute Gasteiger partial charge is 0.258 e. The predicted octanol–water partition coefficient (Wildman–Crippen LogP) is 2.93. The number of aliphatic hydroxyl groups is 1. The molecule has 0 amide bonds. The third-order valence-corrected chi connectivity index (χ3v) is 4.19. The van der Waals surface area contributed by atoms with Gasteiger partial charge in [-0.1, -0.05) is 10.4 Å². The summed E-state index contributed by atoms with van der Waals surface area (Å²) in [6.45, 7) is 7.69. The molecule has 0 unspecified atom stereocenters. The molecular formula is C19H20N6O2. The van der Waals surface area contributed by atoms with Gasteiger partial charge in [0.15, 0.2) is 0 Å². The Kier molecular flexibility index (Phi) is 4.00. The van der Waals surface area contributed by atoms with Crippen LogP contribution in [0.2, 0.25) is 0 Å². The summed E-state index contributed by atoms with van der Waals surface area (Å²) in [5.74, 6) is 0.907. The highest BCUT2D eigenvalue weighted by Gasteiger charge is 2.18. The fourth-order valence-electron chi connectivity index (χ4n) is 2.96. The molecule has 0 aliphatic heterocycles. The molecule has 8 heteroatoms. The van der Waals surface area contributed by atoms with E-state index in [0.29, 0.717) is 23.8 Å². The summed E-state index contributed by atoms with van der Waals surface area (Å²) in [7, 11) is 0. The zero-order chi connectivity index (χ0) is 19.2. The first-order chi connectivity index (χ1) is 12.8. The molecule has 3 aromatic heterocycles. The summed E-state index contributed by atoms with van der Waals surface area (Å²) in [4.78, 5) is 8.94. The van der Waals surface area contributed by atoms with Crippen molar-refractivity contribution < 1.29 is 9.63 Å². The summed E-state index contributed by atoms with van der Waals surface area (Å²) in [5.41, 5.74) is 4.05. The fourth-order valence-corrected chi connectivity index (χ4v) is 2.96. The third kappa shape index (κ3) is 3.43. The Balaban J connectivity index is 1.68. The third-order valence-electron chi connectivity index (χ3n) is 4.19. The van der Waals surface area contributed by atoms with Crippen molar-refractivity contribution in [3.63, 3.8) is 0 Å². The van der Waals surface area contributed by atoms with Gasteiger partial charge in [0.2, 0.25) is 5.82 Å². The highest BCUT2D eigenvalue weighted by atomic mass is 16.5. The van der Waals surface area contributed by atoms with Crippen LogP contribution in [0.1, 0.15) is 25.2 Å². The van der Waals surface area contributed by atoms with E-state index in [2.05, 4.69) is 25.4 Å². The molecule has 0 bridgehead atoms. The first-order valence-electron chi connectivity index (χ1n) is 8.64. The normalized spacial score (nSPS) is 12.0. The highest BCUT2D eigenvalue weighted by molar-refractivity contribution is 5.79. The van der Waals surface area contributed by atoms with E-state index in [4.69, 9.17) is 4.52 Å². The number of fused-ring (bicyclic) bond motifs is 1. The number of nitrogens with zero attached hydrogens (tertiary/aromatic N) is 6. The average Bonchev–Trinajstić information content (AvgIpc) is 3.21. The van der Waals surface area contributed by atoms with Crippen molar-refractivity contribution in [3.05, 3.63) is 41.7 Å². The van der Waals surface area contributed by atoms with Gasteiger partial charge in [-0.15, -0.1) is 5.10 Å². The fraction of sp³-hybridized carbons (Fsp3) is 0.316. The second-order valence-electron chi connectivity index (χ2n) is 7.27. The maximum Gasteiger partial charge on any atom is 0.258 e. The van der Waals surface area contributed by atoms with E-state index in [1.807, 2.05) is 44.2 Å². The molecule has 27 heavy (non-hydrogen) atoms. The van der Waals surface area contributed by atoms with Crippen LogP contribution in [-0.2, 0) is 6.54 Å². The van der Waals surface area contributed by atoms with E-state index in [9.17, 15) is 5.11 Å². The molecule has 4 aromatic rings. The molecule has 8 nitrogen and oxygen atoms in total. The molecule has 3 heterocycles. The van der Waals surface area contributed by atoms with Crippen molar-refractivity contribution in [2.75, 3.05) is 0 Å². The number of hydrogen-bond acceptors (Lipinski definition) is 7. The van der Waals surface area contributed by atoms with Gasteiger partial charge >= 0.3 is 0 Å². The number of hydrogen-bond donors (Lipinski definition) is 1. The SMILES string of the molecule is Cc1ccc(-c2noc(-c3ccc4c(c3)nnn4CC(C)(C)O)n2)c(C)n1. The number of benzene rings is 1. The summed E-state index contributed by atoms with van der Waals surface area (Å²) in [6.07, 6.45) is 0. The second kappa shape index (κ2) is 6.24. The van der Waals surface area contributed by atoms with Crippen LogP contribution in [0.3, 0.4) is 0 Å². The zero-order valence-corrected chi connectivity index (χ0v) is 15.6. The monoisotopic (exact) mass is 364 g/mol. The van der Waals surface area contributed by atoms with Gasteiger partial charge in [-0.25, -0.2) is 4.68 Å². The molecule has 1 aromatic carbocycles. The van der Waals surface area contributed by atoms with Crippen molar-refractivity contribution >= 4 is 11.0 Å². The Morgan fingerprint density at radius 3 is 2.67 bits per heavy atom. The van der Waals surface area contributed by atoms with Crippen molar-refractivity contribution in [3.8, 4) is 22.8 Å². The van der Waals surface area contributed by atoms with Gasteiger partial charge in [0.05, 0.1) is 17.7 Å². The standard InChI is InChI=1S/C19H20N6O2/c1-11-5-7-14(12(2)20-11)17-21-18(27-23-17)13-6-8-16-15(9-13)22-24-25(16)10-19(3,4)26/h5-9,26H,10H2,1-4H3. The number of pyridine rings is 1. The van der Waals surface area contributed by atoms with E-state index in [1.165, 1.54) is 0 Å². The number of aryl methyl sites for hydroxylation is 2. The van der Waals surface area contributed by atoms with Gasteiger partial charge in [0.25, 0.3) is 5.89 Å². The van der Waals surface area contributed by atoms with Gasteiger partial charge < -0.3 is 9.63 Å². The van der Waals surface area contributed by atoms with Crippen LogP contribution in [0.15, 0.2) is 34.9 Å². The Hall–Kier alpha value is -3.13. The molecule has 0 atom stereocenters. The van der Waals surface area contributed by atoms with Crippen molar-refractivity contribution in [1.82, 2.24) is 30.1 Å². The zero-order valence-electron chi connectivity index (χ0n) is 15.6. The summed E-state index contributed by atoms with van der Waals surface area (Å²) >= 11 is 0. The lowest BCUT2D eigenvalue weighted by Gasteiger charge is -2.16. The van der Waals surface area contributed by atoms with Crippen LogP contribution >= 0.6 is 0 Å². The second-order valence-corrected chi connectivity index (χ2v) is 7.27. The van der Waals surface area contributed by atoms with Crippen molar-refractivity contribution in [1.29, 1.82) is 0 Å². The molecule has 0 aliphatic carbocycles. The maximum atomic E-state index is 10.0. The van der Waals surface area contributed by atoms with Crippen LogP contribution in [-0.4, -0.2) is 40.8 Å². The van der Waals surface area contributed by atoms with E-state index < -0.39 is 5.60 Å². The molecule has 1 N–H and O–H groups in total. The lowest BCUT2D eigenvalue weighted by Crippen LogP contribution is -2.26. The minimum absolute atomic E-state index is 0.354. The Bertz CT molecular complexity index is 1120. The summed E-state index contributed by atoms with van der Waals surface area (Å²) < 4.78 is 7.12. The van der Waals surface area contributed by atoms with E-state index in [0.717, 1.165) is 28.0 Å². The van der Waals surface area contributed by atoms with Gasteiger partial charge in [-0.2, -0.15) is 4.98 Å². The Morgan fingerprint density at radius 2 is 1.93 bits per heavy atom. The topological polar surface area (TPSA) is 103 Å². The van der Waals surface area contributed by atoms with Gasteiger partial charge in [0, 0.05) is 22.5 Å². The van der Waals surface area contributed by atoms with E-state index in [-0.39, 0.29) is 0 Å². The molecule has 0 saturated heterocycles. The maximum absolute atomic E-state index is 10.0. The number of aromatic nitrogens is 6. The minimum Gasteiger partial charge on any atom is -0.389 e. The first kappa shape index (κ1) is 17.3. The van der Waals surface area contributed by atoms with E-state index >= 15 is 0 Å². The average molecular weight is 364 g/mol. The van der Waals surface area contributed by atoms with Crippen molar-refractivity contribution in [2.45, 2.75) is 39.8 Å². The predicted molar refractivity (Wildman–Crippen MR) is 99.8 cm³/mol. The molecule has 4 rings (SSSR count). The largest absolute Gasteiger partial charge is 0.389 e. The molecule has 0 saturated carbocycles. The quantitative estimate of drug-likeness (QED) is 0.594. The molecular weight excluding hydrogens is 344 g/mol. The lowest BCUT2D eigenvalue weighted by atomic mass is 10.1. The first-order valence-corrected chi connectivity index (χ1v) is 8.64. The van der Waals surface area contributed by atoms with Gasteiger partial charge in [-0.3, -0.25) is 4.98 Å². The van der Waals surface area contributed by atoms with Crippen molar-refractivity contribution in [2.24, 2.45) is 0 Å². The van der Waals surface area contributed by atoms with Crippen LogP contribution < -0.4 is 0 Å². The molecule has 0 spiro atoms. The molecule has 0 aliphatic rings. The van der Waals surface area contributed by atoms with Gasteiger partial charge in [0.1, 0.15) is 5.52 Å². The minimum atomic E-state index is -0.874. The lowest BCUT2D eigenvalue weighted by molar-refractivity contribution is 0.0585. The molecule has 138 valence electrons. The van der Waals surface area contributed by atoms with Crippen LogP contribution in [0, 0.1) is 13.8 Å². The summed E-state index contributed by atoms with van der Waals surface area (Å²) in [5, 5.41) is 22.4. The Morgan fingerprint density at radius 1 is 1.11 bits per heavy atom. The van der Waals surface area contributed by atoms with Crippen LogP contribution in [0.5, 0.6) is 0 Å². The summed E-state index contributed by atoms with van der Waals surface area (Å²) in [6, 6.07) is 9.48. The number of rotatable bonds is 4. The van der Waals surface area contributed by atoms with Crippen LogP contribution in [0.25, 0.3) is 33.9 Å².